The number of piperidine rings is 1. The number of rotatable bonds is 5. The maximum atomic E-state index is 13.3. The number of carboxylic acid groups (broad SMARTS) is 2. The van der Waals surface area contributed by atoms with Crippen molar-refractivity contribution >= 4 is 34.5 Å². The van der Waals surface area contributed by atoms with Gasteiger partial charge in [-0.05, 0) is 50.5 Å². The first-order valence-corrected chi connectivity index (χ1v) is 12.3. The molecule has 8 nitrogen and oxygen atoms in total. The second-order valence-corrected chi connectivity index (χ2v) is 9.53. The molecule has 1 aliphatic heterocycles. The number of hydrogen-bond acceptors (Lipinski definition) is 6. The lowest BCUT2D eigenvalue weighted by atomic mass is 9.97. The molecule has 1 unspecified atom stereocenters. The number of carboxylic acids is 2. The molecule has 14 heteroatoms. The maximum Gasteiger partial charge on any atom is 0.490 e. The van der Waals surface area contributed by atoms with E-state index in [2.05, 4.69) is 5.32 Å². The minimum absolute atomic E-state index is 0.0478. The van der Waals surface area contributed by atoms with Crippen molar-refractivity contribution in [3.05, 3.63) is 69.4 Å². The van der Waals surface area contributed by atoms with Crippen molar-refractivity contribution in [1.29, 1.82) is 0 Å². The molecule has 0 amide bonds. The van der Waals surface area contributed by atoms with E-state index in [9.17, 15) is 41.0 Å². The summed E-state index contributed by atoms with van der Waals surface area (Å²) in [6.07, 6.45) is -9.00. The molecular formula is C27H26F6N2O6. The molecule has 2 heterocycles. The maximum absolute atomic E-state index is 13.3. The van der Waals surface area contributed by atoms with E-state index in [1.54, 1.807) is 31.2 Å². The fourth-order valence-corrected chi connectivity index (χ4v) is 4.45. The van der Waals surface area contributed by atoms with E-state index in [0.717, 1.165) is 5.56 Å². The number of alkyl halides is 6. The number of fused-ring (bicyclic) bond motifs is 1. The predicted octanol–water partition coefficient (Wildman–Crippen LogP) is 6.38. The summed E-state index contributed by atoms with van der Waals surface area (Å²) in [6.45, 7) is 3.73. The summed E-state index contributed by atoms with van der Waals surface area (Å²) in [7, 11) is 0. The summed E-state index contributed by atoms with van der Waals surface area (Å²) in [5, 5.41) is 20.1. The Kier molecular flexibility index (Phi) is 9.24. The molecule has 0 bridgehead atoms. The number of halogens is 6. The molecule has 0 saturated carbocycles. The summed E-state index contributed by atoms with van der Waals surface area (Å²) in [5.74, 6) is -5.21. The molecule has 222 valence electrons. The molecule has 0 radical (unpaired) electrons. The van der Waals surface area contributed by atoms with Crippen molar-refractivity contribution in [2.45, 2.75) is 45.1 Å². The molecule has 0 aliphatic carbocycles. The Morgan fingerprint density at radius 3 is 2.29 bits per heavy atom. The molecule has 1 saturated heterocycles. The van der Waals surface area contributed by atoms with Crippen LogP contribution in [0.2, 0.25) is 0 Å². The van der Waals surface area contributed by atoms with E-state index in [4.69, 9.17) is 14.3 Å². The third-order valence-corrected chi connectivity index (χ3v) is 6.42. The van der Waals surface area contributed by atoms with E-state index in [1.165, 1.54) is 17.0 Å². The lowest BCUT2D eigenvalue weighted by Crippen LogP contribution is -2.42. The Hall–Kier alpha value is -4.23. The standard InChI is InChI=1S/C25H25F3N2O4.C2HF3O2/c1-14-10-18(15(2)29-20-8-4-3-7-17(20)24(32)33)23-19(11-14)21(31)12-22(34-23)30-9-5-6-16(13-30)25(26,27)28;3-2(4,5)1(6)7/h3-4,7-8,10-12,15-16,29H,5-6,9,13H2,1-2H3,(H,32,33);(H,6,7)/t15?,16-;/m0./s1. The van der Waals surface area contributed by atoms with Gasteiger partial charge in [0.2, 0.25) is 0 Å². The average Bonchev–Trinajstić information content (AvgIpc) is 2.88. The molecule has 1 aromatic heterocycles. The zero-order valence-electron chi connectivity index (χ0n) is 21.8. The van der Waals surface area contributed by atoms with Crippen LogP contribution in [0.15, 0.2) is 51.7 Å². The summed E-state index contributed by atoms with van der Waals surface area (Å²) in [5.41, 5.74) is 1.85. The quantitative estimate of drug-likeness (QED) is 0.294. The van der Waals surface area contributed by atoms with E-state index in [-0.39, 0.29) is 35.4 Å². The Labute approximate surface area is 229 Å². The monoisotopic (exact) mass is 588 g/mol. The molecule has 4 rings (SSSR count). The molecule has 1 aliphatic rings. The van der Waals surface area contributed by atoms with Gasteiger partial charge in [-0.25, -0.2) is 9.59 Å². The van der Waals surface area contributed by atoms with Gasteiger partial charge in [-0.1, -0.05) is 18.2 Å². The number of aromatic carboxylic acids is 1. The molecule has 2 atom stereocenters. The zero-order chi connectivity index (χ0) is 30.7. The van der Waals surface area contributed by atoms with Crippen molar-refractivity contribution in [2.24, 2.45) is 5.92 Å². The van der Waals surface area contributed by atoms with Gasteiger partial charge in [0.1, 0.15) is 5.58 Å². The molecular weight excluding hydrogens is 562 g/mol. The van der Waals surface area contributed by atoms with Crippen LogP contribution >= 0.6 is 0 Å². The van der Waals surface area contributed by atoms with Crippen LogP contribution in [0, 0.1) is 12.8 Å². The fraction of sp³-hybridized carbons (Fsp3) is 0.370. The van der Waals surface area contributed by atoms with Gasteiger partial charge in [0, 0.05) is 30.4 Å². The summed E-state index contributed by atoms with van der Waals surface area (Å²) in [4.78, 5) is 34.9. The van der Waals surface area contributed by atoms with Gasteiger partial charge in [0.05, 0.1) is 22.9 Å². The highest BCUT2D eigenvalue weighted by Crippen LogP contribution is 2.36. The number of aliphatic carboxylic acids is 1. The van der Waals surface area contributed by atoms with Crippen LogP contribution in [0.4, 0.5) is 37.9 Å². The van der Waals surface area contributed by atoms with Crippen LogP contribution in [0.25, 0.3) is 11.0 Å². The number of aryl methyl sites for hydroxylation is 1. The number of benzene rings is 2. The van der Waals surface area contributed by atoms with Crippen LogP contribution < -0.4 is 15.6 Å². The van der Waals surface area contributed by atoms with Crippen molar-refractivity contribution in [2.75, 3.05) is 23.3 Å². The minimum Gasteiger partial charge on any atom is -0.478 e. The molecule has 3 N–H and O–H groups in total. The predicted molar refractivity (Wildman–Crippen MR) is 137 cm³/mol. The van der Waals surface area contributed by atoms with Gasteiger partial charge in [0.15, 0.2) is 11.3 Å². The van der Waals surface area contributed by atoms with Gasteiger partial charge in [0.25, 0.3) is 0 Å². The van der Waals surface area contributed by atoms with E-state index in [0.29, 0.717) is 29.6 Å². The zero-order valence-corrected chi connectivity index (χ0v) is 21.8. The first kappa shape index (κ1) is 31.3. The van der Waals surface area contributed by atoms with Gasteiger partial charge in [-0.3, -0.25) is 4.79 Å². The normalized spacial score (nSPS) is 16.5. The Balaban J connectivity index is 0.000000587. The average molecular weight is 589 g/mol. The fourth-order valence-electron chi connectivity index (χ4n) is 4.45. The first-order valence-electron chi connectivity index (χ1n) is 12.3. The van der Waals surface area contributed by atoms with Crippen LogP contribution in [0.3, 0.4) is 0 Å². The lowest BCUT2D eigenvalue weighted by Gasteiger charge is -2.34. The number of nitrogens with one attached hydrogen (secondary N) is 1. The number of hydrogen-bond donors (Lipinski definition) is 3. The van der Waals surface area contributed by atoms with Gasteiger partial charge < -0.3 is 24.8 Å². The largest absolute Gasteiger partial charge is 0.490 e. The first-order chi connectivity index (χ1) is 19.0. The third-order valence-electron chi connectivity index (χ3n) is 6.42. The molecule has 41 heavy (non-hydrogen) atoms. The molecule has 1 fully saturated rings. The Bertz CT molecular complexity index is 1480. The van der Waals surface area contributed by atoms with E-state index < -0.39 is 36.3 Å². The SMILES string of the molecule is Cc1cc(C(C)Nc2ccccc2C(=O)O)c2oc(N3CCC[C@H](C(F)(F)F)C3)cc(=O)c2c1.O=C(O)C(F)(F)F. The highest BCUT2D eigenvalue weighted by Gasteiger charge is 2.42. The van der Waals surface area contributed by atoms with E-state index >= 15 is 0 Å². The van der Waals surface area contributed by atoms with Crippen LogP contribution in [-0.2, 0) is 4.79 Å². The van der Waals surface area contributed by atoms with Crippen molar-refractivity contribution in [1.82, 2.24) is 0 Å². The third kappa shape index (κ3) is 7.70. The van der Waals surface area contributed by atoms with Crippen molar-refractivity contribution < 1.29 is 50.6 Å². The number of nitrogens with zero attached hydrogens (tertiary/aromatic N) is 1. The topological polar surface area (TPSA) is 120 Å². The molecule has 0 spiro atoms. The molecule has 2 aromatic carbocycles. The number of anilines is 2. The second kappa shape index (κ2) is 12.1. The van der Waals surface area contributed by atoms with Crippen molar-refractivity contribution in [3.63, 3.8) is 0 Å². The Morgan fingerprint density at radius 1 is 1.07 bits per heavy atom. The van der Waals surface area contributed by atoms with Crippen LogP contribution in [-0.4, -0.2) is 47.6 Å². The lowest BCUT2D eigenvalue weighted by molar-refractivity contribution is -0.192. The van der Waals surface area contributed by atoms with Gasteiger partial charge >= 0.3 is 24.3 Å². The van der Waals surface area contributed by atoms with Crippen LogP contribution in [0.5, 0.6) is 0 Å². The second-order valence-electron chi connectivity index (χ2n) is 9.53. The summed E-state index contributed by atoms with van der Waals surface area (Å²) < 4.78 is 77.7. The highest BCUT2D eigenvalue weighted by atomic mass is 19.4. The van der Waals surface area contributed by atoms with E-state index in [1.807, 2.05) is 13.0 Å². The summed E-state index contributed by atoms with van der Waals surface area (Å²) >= 11 is 0. The number of carbonyl (C=O) groups is 2. The van der Waals surface area contributed by atoms with Crippen molar-refractivity contribution in [3.8, 4) is 0 Å². The smallest absolute Gasteiger partial charge is 0.478 e. The highest BCUT2D eigenvalue weighted by molar-refractivity contribution is 5.94. The Morgan fingerprint density at radius 2 is 1.71 bits per heavy atom. The minimum atomic E-state index is -5.08. The van der Waals surface area contributed by atoms with Gasteiger partial charge in [-0.15, -0.1) is 0 Å². The molecule has 3 aromatic rings. The summed E-state index contributed by atoms with van der Waals surface area (Å²) in [6, 6.07) is 10.8. The van der Waals surface area contributed by atoms with Crippen LogP contribution in [0.1, 0.15) is 47.3 Å². The van der Waals surface area contributed by atoms with Gasteiger partial charge in [-0.2, -0.15) is 26.3 Å². The number of para-hydroxylation sites is 1.